The fourth-order valence-corrected chi connectivity index (χ4v) is 2.07. The second kappa shape index (κ2) is 6.26. The largest absolute Gasteiger partial charge is 0.271 e. The third kappa shape index (κ3) is 3.12. The smallest absolute Gasteiger partial charge is 0.163 e. The zero-order chi connectivity index (χ0) is 14.7. The maximum Gasteiger partial charge on any atom is 0.163 e. The lowest BCUT2D eigenvalue weighted by Crippen LogP contribution is -2.30. The summed E-state index contributed by atoms with van der Waals surface area (Å²) in [6.07, 6.45) is 0.199. The molecule has 2 aromatic rings. The van der Waals surface area contributed by atoms with Crippen LogP contribution in [0, 0.1) is 17.5 Å². The Morgan fingerprint density at radius 3 is 2.50 bits per heavy atom. The van der Waals surface area contributed by atoms with Crippen LogP contribution >= 0.6 is 11.6 Å². The van der Waals surface area contributed by atoms with Gasteiger partial charge in [0, 0.05) is 5.56 Å². The lowest BCUT2D eigenvalue weighted by Gasteiger charge is -2.17. The van der Waals surface area contributed by atoms with E-state index in [0.29, 0.717) is 5.56 Å². The first-order valence-corrected chi connectivity index (χ1v) is 6.24. The molecule has 0 radical (unpaired) electrons. The van der Waals surface area contributed by atoms with Crippen LogP contribution in [-0.4, -0.2) is 0 Å². The highest BCUT2D eigenvalue weighted by molar-refractivity contribution is 6.30. The zero-order valence-corrected chi connectivity index (χ0v) is 11.1. The monoisotopic (exact) mass is 300 g/mol. The molecule has 0 aliphatic heterocycles. The summed E-state index contributed by atoms with van der Waals surface area (Å²) in [5.41, 5.74) is 3.06. The van der Waals surface area contributed by atoms with Gasteiger partial charge in [0.15, 0.2) is 11.6 Å². The second-order valence-electron chi connectivity index (χ2n) is 4.31. The van der Waals surface area contributed by atoms with Gasteiger partial charge in [-0.3, -0.25) is 11.3 Å². The van der Waals surface area contributed by atoms with E-state index in [4.69, 9.17) is 17.4 Å². The SMILES string of the molecule is NNC(Cc1ccc(Cl)c(F)c1)c1cccc(F)c1F. The maximum absolute atomic E-state index is 13.7. The van der Waals surface area contributed by atoms with Crippen LogP contribution in [0.3, 0.4) is 0 Å². The molecule has 0 aliphatic rings. The number of benzene rings is 2. The van der Waals surface area contributed by atoms with Gasteiger partial charge >= 0.3 is 0 Å². The highest BCUT2D eigenvalue weighted by Gasteiger charge is 2.18. The van der Waals surface area contributed by atoms with Crippen molar-refractivity contribution in [2.45, 2.75) is 12.5 Å². The summed E-state index contributed by atoms with van der Waals surface area (Å²) in [4.78, 5) is 0. The third-order valence-corrected chi connectivity index (χ3v) is 3.29. The first kappa shape index (κ1) is 14.8. The van der Waals surface area contributed by atoms with Gasteiger partial charge in [-0.25, -0.2) is 13.2 Å². The van der Waals surface area contributed by atoms with Crippen molar-refractivity contribution in [1.29, 1.82) is 0 Å². The van der Waals surface area contributed by atoms with Crippen LogP contribution in [0.2, 0.25) is 5.02 Å². The Hall–Kier alpha value is -1.56. The van der Waals surface area contributed by atoms with E-state index in [0.717, 1.165) is 6.07 Å². The van der Waals surface area contributed by atoms with E-state index in [1.807, 2.05) is 0 Å². The Balaban J connectivity index is 2.28. The summed E-state index contributed by atoms with van der Waals surface area (Å²) in [6.45, 7) is 0. The molecule has 2 rings (SSSR count). The molecule has 0 bridgehead atoms. The van der Waals surface area contributed by atoms with E-state index in [1.165, 1.54) is 24.3 Å². The zero-order valence-electron chi connectivity index (χ0n) is 10.3. The molecule has 0 spiro atoms. The fraction of sp³-hybridized carbons (Fsp3) is 0.143. The van der Waals surface area contributed by atoms with Crippen molar-refractivity contribution < 1.29 is 13.2 Å². The molecule has 0 fully saturated rings. The molecule has 20 heavy (non-hydrogen) atoms. The summed E-state index contributed by atoms with van der Waals surface area (Å²) in [5, 5.41) is 0.00273. The van der Waals surface area contributed by atoms with Crippen LogP contribution < -0.4 is 11.3 Å². The van der Waals surface area contributed by atoms with E-state index in [9.17, 15) is 13.2 Å². The molecule has 2 aromatic carbocycles. The first-order valence-electron chi connectivity index (χ1n) is 5.87. The van der Waals surface area contributed by atoms with Gasteiger partial charge in [-0.05, 0) is 30.2 Å². The third-order valence-electron chi connectivity index (χ3n) is 2.98. The topological polar surface area (TPSA) is 38.0 Å². The average molecular weight is 301 g/mol. The first-order chi connectivity index (χ1) is 9.52. The van der Waals surface area contributed by atoms with Gasteiger partial charge in [0.05, 0.1) is 11.1 Å². The molecule has 1 atom stereocenters. The van der Waals surface area contributed by atoms with Crippen LogP contribution in [0.4, 0.5) is 13.2 Å². The molecular weight excluding hydrogens is 289 g/mol. The number of hydrogen-bond donors (Lipinski definition) is 2. The molecule has 0 aromatic heterocycles. The number of nitrogens with two attached hydrogens (primary N) is 1. The Morgan fingerprint density at radius 1 is 1.10 bits per heavy atom. The van der Waals surface area contributed by atoms with Crippen LogP contribution in [0.1, 0.15) is 17.2 Å². The minimum Gasteiger partial charge on any atom is -0.271 e. The molecule has 0 heterocycles. The Bertz CT molecular complexity index is 619. The highest BCUT2D eigenvalue weighted by Crippen LogP contribution is 2.24. The van der Waals surface area contributed by atoms with Gasteiger partial charge in [-0.2, -0.15) is 0 Å². The standard InChI is InChI=1S/C14H12ClF3N2/c15-10-5-4-8(6-12(10)17)7-13(20-19)9-2-1-3-11(16)14(9)18/h1-6,13,20H,7,19H2. The molecule has 2 nitrogen and oxygen atoms in total. The van der Waals surface area contributed by atoms with E-state index in [-0.39, 0.29) is 17.0 Å². The highest BCUT2D eigenvalue weighted by atomic mass is 35.5. The van der Waals surface area contributed by atoms with Gasteiger partial charge in [0.2, 0.25) is 0 Å². The van der Waals surface area contributed by atoms with Crippen LogP contribution in [0.5, 0.6) is 0 Å². The molecule has 1 unspecified atom stereocenters. The quantitative estimate of drug-likeness (QED) is 0.670. The van der Waals surface area contributed by atoms with E-state index in [2.05, 4.69) is 5.43 Å². The number of hydrazine groups is 1. The molecular formula is C14H12ClF3N2. The molecule has 106 valence electrons. The summed E-state index contributed by atoms with van der Waals surface area (Å²) in [7, 11) is 0. The van der Waals surface area contributed by atoms with E-state index < -0.39 is 23.5 Å². The molecule has 3 N–H and O–H groups in total. The summed E-state index contributed by atoms with van der Waals surface area (Å²) < 4.78 is 40.3. The number of rotatable bonds is 4. The minimum atomic E-state index is -0.968. The van der Waals surface area contributed by atoms with Crippen molar-refractivity contribution in [3.05, 3.63) is 70.0 Å². The van der Waals surface area contributed by atoms with Crippen molar-refractivity contribution in [2.75, 3.05) is 0 Å². The lowest BCUT2D eigenvalue weighted by molar-refractivity contribution is 0.464. The Kier molecular flexibility index (Phi) is 4.65. The van der Waals surface area contributed by atoms with E-state index in [1.54, 1.807) is 6.07 Å². The van der Waals surface area contributed by atoms with Gasteiger partial charge in [0.1, 0.15) is 5.82 Å². The minimum absolute atomic E-state index is 0.00273. The van der Waals surface area contributed by atoms with E-state index >= 15 is 0 Å². The molecule has 0 amide bonds. The summed E-state index contributed by atoms with van der Waals surface area (Å²) in [6, 6.07) is 7.41. The van der Waals surface area contributed by atoms with Crippen LogP contribution in [-0.2, 0) is 6.42 Å². The number of hydrogen-bond acceptors (Lipinski definition) is 2. The Morgan fingerprint density at radius 2 is 1.85 bits per heavy atom. The number of nitrogens with one attached hydrogen (secondary N) is 1. The van der Waals surface area contributed by atoms with Crippen LogP contribution in [0.15, 0.2) is 36.4 Å². The molecule has 0 aliphatic carbocycles. The van der Waals surface area contributed by atoms with Crippen molar-refractivity contribution in [1.82, 2.24) is 5.43 Å². The predicted octanol–water partition coefficient (Wildman–Crippen LogP) is 3.50. The predicted molar refractivity (Wildman–Crippen MR) is 71.5 cm³/mol. The van der Waals surface area contributed by atoms with Crippen molar-refractivity contribution in [2.24, 2.45) is 5.84 Å². The van der Waals surface area contributed by atoms with Crippen LogP contribution in [0.25, 0.3) is 0 Å². The fourth-order valence-electron chi connectivity index (χ4n) is 1.95. The molecule has 0 saturated heterocycles. The van der Waals surface area contributed by atoms with Crippen molar-refractivity contribution in [3.8, 4) is 0 Å². The normalized spacial score (nSPS) is 12.4. The molecule has 0 saturated carbocycles. The second-order valence-corrected chi connectivity index (χ2v) is 4.72. The Labute approximate surface area is 119 Å². The van der Waals surface area contributed by atoms with Gasteiger partial charge < -0.3 is 0 Å². The average Bonchev–Trinajstić information content (AvgIpc) is 2.43. The van der Waals surface area contributed by atoms with Gasteiger partial charge in [0.25, 0.3) is 0 Å². The van der Waals surface area contributed by atoms with Crippen molar-refractivity contribution >= 4 is 11.6 Å². The summed E-state index contributed by atoms with van der Waals surface area (Å²) in [5.74, 6) is 2.89. The summed E-state index contributed by atoms with van der Waals surface area (Å²) >= 11 is 5.59. The molecule has 6 heteroatoms. The maximum atomic E-state index is 13.7. The van der Waals surface area contributed by atoms with Gasteiger partial charge in [-0.1, -0.05) is 29.8 Å². The van der Waals surface area contributed by atoms with Crippen molar-refractivity contribution in [3.63, 3.8) is 0 Å². The number of halogens is 4. The lowest BCUT2D eigenvalue weighted by atomic mass is 9.98. The van der Waals surface area contributed by atoms with Gasteiger partial charge in [-0.15, -0.1) is 0 Å².